The van der Waals surface area contributed by atoms with Crippen molar-refractivity contribution in [3.8, 4) is 0 Å². The molecule has 0 amide bonds. The second-order valence-corrected chi connectivity index (χ2v) is 4.71. The quantitative estimate of drug-likeness (QED) is 0.810. The fraction of sp³-hybridized carbons (Fsp3) is 0.500. The van der Waals surface area contributed by atoms with E-state index in [2.05, 4.69) is 31.8 Å². The molecule has 0 spiro atoms. The Morgan fingerprint density at radius 2 is 2.11 bits per heavy atom. The number of aryl methyl sites for hydroxylation is 2. The predicted octanol–water partition coefficient (Wildman–Crippen LogP) is 2.55. The molecule has 0 aliphatic heterocycles. The summed E-state index contributed by atoms with van der Waals surface area (Å²) < 4.78 is 2.10. The van der Waals surface area contributed by atoms with Crippen LogP contribution in [0.15, 0.2) is 18.5 Å². The maximum atomic E-state index is 4.51. The summed E-state index contributed by atoms with van der Waals surface area (Å²) in [7, 11) is 0. The Bertz CT molecular complexity index is 532. The maximum Gasteiger partial charge on any atom is 0.203 e. The molecule has 2 aromatic rings. The number of hydrogen-bond donors (Lipinski definition) is 1. The van der Waals surface area contributed by atoms with Crippen molar-refractivity contribution in [2.45, 2.75) is 40.2 Å². The Balaban J connectivity index is 2.10. The summed E-state index contributed by atoms with van der Waals surface area (Å²) in [5, 5.41) is 3.38. The molecule has 2 rings (SSSR count). The zero-order valence-electron chi connectivity index (χ0n) is 11.8. The first kappa shape index (κ1) is 13.5. The highest BCUT2D eigenvalue weighted by Crippen LogP contribution is 2.11. The summed E-state index contributed by atoms with van der Waals surface area (Å²) in [6.07, 6.45) is 6.17. The van der Waals surface area contributed by atoms with Crippen LogP contribution in [0, 0.1) is 13.8 Å². The average Bonchev–Trinajstić information content (AvgIpc) is 2.70. The maximum absolute atomic E-state index is 4.51. The first-order valence-electron chi connectivity index (χ1n) is 6.75. The molecular weight excluding hydrogens is 238 g/mol. The van der Waals surface area contributed by atoms with Crippen molar-refractivity contribution in [3.63, 3.8) is 0 Å². The van der Waals surface area contributed by atoms with Crippen LogP contribution in [-0.4, -0.2) is 26.1 Å². The minimum absolute atomic E-state index is 0.721. The Morgan fingerprint density at radius 1 is 1.26 bits per heavy atom. The molecule has 0 bridgehead atoms. The molecule has 19 heavy (non-hydrogen) atoms. The summed E-state index contributed by atoms with van der Waals surface area (Å²) in [6, 6.07) is 1.94. The van der Waals surface area contributed by atoms with Crippen molar-refractivity contribution in [1.29, 1.82) is 0 Å². The van der Waals surface area contributed by atoms with Crippen LogP contribution >= 0.6 is 0 Å². The van der Waals surface area contributed by atoms with Crippen molar-refractivity contribution < 1.29 is 0 Å². The van der Waals surface area contributed by atoms with Gasteiger partial charge in [-0.15, -0.1) is 0 Å². The number of unbranched alkanes of at least 4 members (excludes halogenated alkanes) is 1. The fourth-order valence-electron chi connectivity index (χ4n) is 1.95. The van der Waals surface area contributed by atoms with Crippen LogP contribution < -0.4 is 5.32 Å². The summed E-state index contributed by atoms with van der Waals surface area (Å²) in [4.78, 5) is 13.1. The van der Waals surface area contributed by atoms with E-state index in [-0.39, 0.29) is 0 Å². The number of imidazole rings is 1. The number of nitrogens with one attached hydrogen (secondary N) is 1. The minimum Gasteiger partial charge on any atom is -0.356 e. The summed E-state index contributed by atoms with van der Waals surface area (Å²) in [6.45, 7) is 7.77. The van der Waals surface area contributed by atoms with Gasteiger partial charge in [-0.1, -0.05) is 13.3 Å². The van der Waals surface area contributed by atoms with Crippen molar-refractivity contribution in [1.82, 2.24) is 19.5 Å². The highest BCUT2D eigenvalue weighted by atomic mass is 15.2. The molecule has 0 aliphatic carbocycles. The van der Waals surface area contributed by atoms with Crippen LogP contribution in [0.4, 0.5) is 5.95 Å². The highest BCUT2D eigenvalue weighted by molar-refractivity contribution is 5.29. The molecule has 0 aliphatic rings. The van der Waals surface area contributed by atoms with E-state index in [1.807, 2.05) is 26.1 Å². The molecule has 0 atom stereocenters. The Kier molecular flexibility index (Phi) is 4.49. The number of rotatable bonds is 6. The van der Waals surface area contributed by atoms with E-state index in [9.17, 15) is 0 Å². The molecule has 5 nitrogen and oxygen atoms in total. The third kappa shape index (κ3) is 3.77. The second-order valence-electron chi connectivity index (χ2n) is 4.71. The monoisotopic (exact) mass is 259 g/mol. The topological polar surface area (TPSA) is 55.6 Å². The van der Waals surface area contributed by atoms with Gasteiger partial charge in [0.1, 0.15) is 5.82 Å². The van der Waals surface area contributed by atoms with Crippen LogP contribution in [0.2, 0.25) is 0 Å². The lowest BCUT2D eigenvalue weighted by Crippen LogP contribution is -2.10. The number of nitrogens with zero attached hydrogens (tertiary/aromatic N) is 4. The van der Waals surface area contributed by atoms with Gasteiger partial charge in [0.25, 0.3) is 0 Å². The highest BCUT2D eigenvalue weighted by Gasteiger charge is 2.06. The molecule has 0 aromatic carbocycles. The van der Waals surface area contributed by atoms with Gasteiger partial charge in [0.15, 0.2) is 0 Å². The van der Waals surface area contributed by atoms with Crippen molar-refractivity contribution >= 4 is 5.95 Å². The molecule has 0 fully saturated rings. The van der Waals surface area contributed by atoms with Gasteiger partial charge in [-0.2, -0.15) is 0 Å². The number of aromatic nitrogens is 4. The largest absolute Gasteiger partial charge is 0.356 e. The van der Waals surface area contributed by atoms with Crippen molar-refractivity contribution in [3.05, 3.63) is 35.7 Å². The second kappa shape index (κ2) is 6.31. The van der Waals surface area contributed by atoms with Crippen LogP contribution in [-0.2, 0) is 6.54 Å². The van der Waals surface area contributed by atoms with Crippen LogP contribution in [0.5, 0.6) is 0 Å². The van der Waals surface area contributed by atoms with Gasteiger partial charge < -0.3 is 9.88 Å². The van der Waals surface area contributed by atoms with Gasteiger partial charge >= 0.3 is 0 Å². The molecule has 0 unspecified atom stereocenters. The molecule has 2 heterocycles. The summed E-state index contributed by atoms with van der Waals surface area (Å²) in [5.41, 5.74) is 2.02. The first-order chi connectivity index (χ1) is 9.19. The van der Waals surface area contributed by atoms with Gasteiger partial charge in [0.2, 0.25) is 5.95 Å². The van der Waals surface area contributed by atoms with Crippen molar-refractivity contribution in [2.24, 2.45) is 0 Å². The van der Waals surface area contributed by atoms with E-state index >= 15 is 0 Å². The van der Waals surface area contributed by atoms with Crippen LogP contribution in [0.25, 0.3) is 0 Å². The smallest absolute Gasteiger partial charge is 0.203 e. The Hall–Kier alpha value is -1.91. The van der Waals surface area contributed by atoms with E-state index in [4.69, 9.17) is 0 Å². The molecule has 5 heteroatoms. The lowest BCUT2D eigenvalue weighted by molar-refractivity contribution is 0.752. The van der Waals surface area contributed by atoms with E-state index < -0.39 is 0 Å². The third-order valence-electron chi connectivity index (χ3n) is 2.88. The Morgan fingerprint density at radius 3 is 2.84 bits per heavy atom. The molecule has 1 N–H and O–H groups in total. The lowest BCUT2D eigenvalue weighted by Gasteiger charge is -2.09. The van der Waals surface area contributed by atoms with Crippen LogP contribution in [0.1, 0.15) is 37.0 Å². The van der Waals surface area contributed by atoms with Crippen LogP contribution in [0.3, 0.4) is 0 Å². The first-order valence-corrected chi connectivity index (χ1v) is 6.75. The molecule has 0 radical (unpaired) electrons. The average molecular weight is 259 g/mol. The number of anilines is 1. The van der Waals surface area contributed by atoms with Gasteiger partial charge in [-0.25, -0.2) is 15.0 Å². The van der Waals surface area contributed by atoms with Crippen molar-refractivity contribution in [2.75, 3.05) is 11.9 Å². The molecule has 2 aromatic heterocycles. The van der Waals surface area contributed by atoms with E-state index in [1.54, 1.807) is 6.20 Å². The number of hydrogen-bond acceptors (Lipinski definition) is 4. The summed E-state index contributed by atoms with van der Waals surface area (Å²) in [5.74, 6) is 1.72. The SMILES string of the molecule is CCCCNc1nc(C)cn1Cc1ccnc(C)n1. The van der Waals surface area contributed by atoms with Gasteiger partial charge in [0.05, 0.1) is 17.9 Å². The fourth-order valence-corrected chi connectivity index (χ4v) is 1.95. The van der Waals surface area contributed by atoms with Gasteiger partial charge in [-0.3, -0.25) is 0 Å². The van der Waals surface area contributed by atoms with E-state index in [0.717, 1.165) is 42.7 Å². The third-order valence-corrected chi connectivity index (χ3v) is 2.88. The molecule has 102 valence electrons. The summed E-state index contributed by atoms with van der Waals surface area (Å²) >= 11 is 0. The minimum atomic E-state index is 0.721. The van der Waals surface area contributed by atoms with Gasteiger partial charge in [-0.05, 0) is 26.3 Å². The van der Waals surface area contributed by atoms with E-state index in [1.165, 1.54) is 6.42 Å². The molecule has 0 saturated heterocycles. The standard InChI is InChI=1S/C14H21N5/c1-4-5-7-16-14-17-11(2)9-19(14)10-13-6-8-15-12(3)18-13/h6,8-9H,4-5,7,10H2,1-3H3,(H,16,17). The zero-order valence-corrected chi connectivity index (χ0v) is 11.8. The predicted molar refractivity (Wildman–Crippen MR) is 76.2 cm³/mol. The van der Waals surface area contributed by atoms with E-state index in [0.29, 0.717) is 0 Å². The molecule has 0 saturated carbocycles. The normalized spacial score (nSPS) is 10.7. The molecular formula is C14H21N5. The zero-order chi connectivity index (χ0) is 13.7. The lowest BCUT2D eigenvalue weighted by atomic mass is 10.3. The Labute approximate surface area is 114 Å². The van der Waals surface area contributed by atoms with Gasteiger partial charge in [0, 0.05) is 18.9 Å².